The second kappa shape index (κ2) is 12.7. The highest BCUT2D eigenvalue weighted by molar-refractivity contribution is 7.27. The van der Waals surface area contributed by atoms with Crippen LogP contribution in [0.15, 0.2) is 205 Å². The maximum absolute atomic E-state index is 6.39. The quantitative estimate of drug-likeness (QED) is 0.163. The molecule has 0 saturated heterocycles. The van der Waals surface area contributed by atoms with Gasteiger partial charge in [0, 0.05) is 37.6 Å². The molecule has 0 unspecified atom stereocenters. The maximum Gasteiger partial charge on any atom is 0.136 e. The summed E-state index contributed by atoms with van der Waals surface area (Å²) in [6.07, 6.45) is 0. The van der Waals surface area contributed by atoms with Crippen LogP contribution in [-0.2, 0) is 0 Å². The zero-order valence-electron chi connectivity index (χ0n) is 30.8. The Morgan fingerprint density at radius 1 is 0.316 bits per heavy atom. The normalized spacial score (nSPS) is 11.9. The summed E-state index contributed by atoms with van der Waals surface area (Å²) in [5.74, 6) is 0. The number of benzene rings is 10. The number of nitrogens with zero attached hydrogens (tertiary/aromatic N) is 1. The van der Waals surface area contributed by atoms with Crippen LogP contribution in [0.3, 0.4) is 0 Å². The monoisotopic (exact) mass is 743 g/mol. The summed E-state index contributed by atoms with van der Waals surface area (Å²) in [4.78, 5) is 2.46. The number of rotatable bonds is 5. The first kappa shape index (κ1) is 32.1. The molecule has 0 atom stereocenters. The third-order valence-electron chi connectivity index (χ3n) is 11.6. The van der Waals surface area contributed by atoms with Crippen molar-refractivity contribution in [3.8, 4) is 22.3 Å². The first-order chi connectivity index (χ1) is 28.3. The fourth-order valence-corrected chi connectivity index (χ4v) is 10.3. The number of fused-ring (bicyclic) bond motifs is 12. The second-order valence-electron chi connectivity index (χ2n) is 14.8. The van der Waals surface area contributed by atoms with E-state index < -0.39 is 0 Å². The molecule has 0 amide bonds. The van der Waals surface area contributed by atoms with E-state index in [-0.39, 0.29) is 0 Å². The molecule has 0 fully saturated rings. The molecule has 0 aliphatic rings. The molecule has 0 radical (unpaired) electrons. The predicted molar refractivity (Wildman–Crippen MR) is 245 cm³/mol. The number of hydrogen-bond acceptors (Lipinski definition) is 3. The summed E-state index contributed by atoms with van der Waals surface area (Å²) < 4.78 is 8.96. The molecule has 0 aliphatic heterocycles. The fourth-order valence-electron chi connectivity index (χ4n) is 8.99. The second-order valence-corrected chi connectivity index (χ2v) is 15.8. The van der Waals surface area contributed by atoms with E-state index >= 15 is 0 Å². The number of furan rings is 1. The van der Waals surface area contributed by atoms with Crippen molar-refractivity contribution in [1.82, 2.24) is 0 Å². The Morgan fingerprint density at radius 3 is 1.65 bits per heavy atom. The molecule has 0 spiro atoms. The standard InChI is InChI=1S/C54H33NOS/c1-3-13-34(14-4-1)35-25-27-37(28-26-35)55(50-23-12-22-45-44-21-11-20-39(53(44)57-54(45)50)36-15-5-2-6-16-36)38-29-30-42-46(31-38)40-17-7-8-18-41(40)48-33-52-49(32-47(42)48)43-19-9-10-24-51(43)56-52/h1-33H. The van der Waals surface area contributed by atoms with Crippen LogP contribution in [0.2, 0.25) is 0 Å². The Hall–Kier alpha value is -7.20. The van der Waals surface area contributed by atoms with Crippen molar-refractivity contribution in [2.24, 2.45) is 0 Å². The Kier molecular flexibility index (Phi) is 7.13. The van der Waals surface area contributed by atoms with Gasteiger partial charge in [-0.15, -0.1) is 11.3 Å². The van der Waals surface area contributed by atoms with Gasteiger partial charge < -0.3 is 9.32 Å². The van der Waals surface area contributed by atoms with Crippen molar-refractivity contribution in [1.29, 1.82) is 0 Å². The molecule has 12 aromatic rings. The average molecular weight is 744 g/mol. The van der Waals surface area contributed by atoms with E-state index in [1.807, 2.05) is 17.4 Å². The molecule has 0 bridgehead atoms. The zero-order chi connectivity index (χ0) is 37.5. The van der Waals surface area contributed by atoms with Gasteiger partial charge in [0.2, 0.25) is 0 Å². The fraction of sp³-hybridized carbons (Fsp3) is 0. The van der Waals surface area contributed by atoms with E-state index in [4.69, 9.17) is 4.42 Å². The lowest BCUT2D eigenvalue weighted by atomic mass is 9.92. The van der Waals surface area contributed by atoms with E-state index in [1.54, 1.807) is 0 Å². The Bertz CT molecular complexity index is 3510. The van der Waals surface area contributed by atoms with Crippen LogP contribution in [0.5, 0.6) is 0 Å². The van der Waals surface area contributed by atoms with Crippen LogP contribution < -0.4 is 4.90 Å². The van der Waals surface area contributed by atoms with E-state index in [1.165, 1.54) is 74.7 Å². The lowest BCUT2D eigenvalue weighted by Gasteiger charge is -2.27. The highest BCUT2D eigenvalue weighted by atomic mass is 32.1. The highest BCUT2D eigenvalue weighted by Gasteiger charge is 2.21. The average Bonchev–Trinajstić information content (AvgIpc) is 3.85. The topological polar surface area (TPSA) is 16.4 Å². The molecular weight excluding hydrogens is 711 g/mol. The van der Waals surface area contributed by atoms with Gasteiger partial charge in [-0.25, -0.2) is 0 Å². The molecule has 266 valence electrons. The zero-order valence-corrected chi connectivity index (χ0v) is 31.6. The smallest absolute Gasteiger partial charge is 0.136 e. The minimum absolute atomic E-state index is 0.916. The Balaban J connectivity index is 1.12. The maximum atomic E-state index is 6.39. The summed E-state index contributed by atoms with van der Waals surface area (Å²) in [6.45, 7) is 0. The third-order valence-corrected chi connectivity index (χ3v) is 12.9. The summed E-state index contributed by atoms with van der Waals surface area (Å²) in [7, 11) is 0. The van der Waals surface area contributed by atoms with E-state index in [9.17, 15) is 0 Å². The summed E-state index contributed by atoms with van der Waals surface area (Å²) in [5, 5.41) is 12.2. The van der Waals surface area contributed by atoms with Crippen LogP contribution >= 0.6 is 11.3 Å². The number of anilines is 3. The minimum atomic E-state index is 0.916. The molecule has 3 heteroatoms. The molecule has 2 aromatic heterocycles. The van der Waals surface area contributed by atoms with Gasteiger partial charge in [0.1, 0.15) is 11.2 Å². The van der Waals surface area contributed by atoms with Crippen LogP contribution in [-0.4, -0.2) is 0 Å². The molecule has 2 heterocycles. The van der Waals surface area contributed by atoms with Gasteiger partial charge >= 0.3 is 0 Å². The molecule has 2 nitrogen and oxygen atoms in total. The van der Waals surface area contributed by atoms with Gasteiger partial charge in [-0.1, -0.05) is 152 Å². The molecule has 0 saturated carbocycles. The molecular formula is C54H33NOS. The van der Waals surface area contributed by atoms with Gasteiger partial charge in [0.25, 0.3) is 0 Å². The summed E-state index contributed by atoms with van der Waals surface area (Å²) in [6, 6.07) is 72.7. The van der Waals surface area contributed by atoms with Gasteiger partial charge in [-0.3, -0.25) is 0 Å². The molecule has 10 aromatic carbocycles. The third kappa shape index (κ3) is 5.03. The van der Waals surface area contributed by atoms with E-state index in [0.717, 1.165) is 39.0 Å². The Labute approximate surface area is 333 Å². The predicted octanol–water partition coefficient (Wildman–Crippen LogP) is 16.2. The largest absolute Gasteiger partial charge is 0.456 e. The van der Waals surface area contributed by atoms with Gasteiger partial charge in [-0.05, 0) is 103 Å². The van der Waals surface area contributed by atoms with Gasteiger partial charge in [0.15, 0.2) is 0 Å². The van der Waals surface area contributed by atoms with Crippen LogP contribution in [0.25, 0.3) is 96.7 Å². The first-order valence-electron chi connectivity index (χ1n) is 19.4. The molecule has 0 aliphatic carbocycles. The van der Waals surface area contributed by atoms with Crippen molar-refractivity contribution in [3.05, 3.63) is 200 Å². The van der Waals surface area contributed by atoms with Crippen LogP contribution in [0, 0.1) is 0 Å². The SMILES string of the molecule is c1ccc(-c2ccc(N(c3ccc4c(c3)c3ccccc3c3cc5oc6ccccc6c5cc43)c3cccc4c3sc3c(-c5ccccc5)cccc34)cc2)cc1. The minimum Gasteiger partial charge on any atom is -0.456 e. The van der Waals surface area contributed by atoms with Crippen molar-refractivity contribution < 1.29 is 4.42 Å². The summed E-state index contributed by atoms with van der Waals surface area (Å²) >= 11 is 1.89. The van der Waals surface area contributed by atoms with Crippen molar-refractivity contribution in [2.45, 2.75) is 0 Å². The van der Waals surface area contributed by atoms with Crippen LogP contribution in [0.1, 0.15) is 0 Å². The van der Waals surface area contributed by atoms with Crippen molar-refractivity contribution in [3.63, 3.8) is 0 Å². The number of thiophene rings is 1. The van der Waals surface area contributed by atoms with Crippen molar-refractivity contribution >= 4 is 103 Å². The number of hydrogen-bond donors (Lipinski definition) is 0. The lowest BCUT2D eigenvalue weighted by molar-refractivity contribution is 0.669. The molecule has 57 heavy (non-hydrogen) atoms. The molecule has 12 rings (SSSR count). The first-order valence-corrected chi connectivity index (χ1v) is 20.2. The van der Waals surface area contributed by atoms with Crippen molar-refractivity contribution in [2.75, 3.05) is 4.90 Å². The van der Waals surface area contributed by atoms with Gasteiger partial charge in [-0.2, -0.15) is 0 Å². The van der Waals surface area contributed by atoms with E-state index in [2.05, 4.69) is 199 Å². The van der Waals surface area contributed by atoms with Crippen LogP contribution in [0.4, 0.5) is 17.1 Å². The summed E-state index contributed by atoms with van der Waals surface area (Å²) in [5.41, 5.74) is 10.1. The highest BCUT2D eigenvalue weighted by Crippen LogP contribution is 2.48. The molecule has 0 N–H and O–H groups in total. The lowest BCUT2D eigenvalue weighted by Crippen LogP contribution is -2.10. The van der Waals surface area contributed by atoms with Gasteiger partial charge in [0.05, 0.1) is 10.4 Å². The van der Waals surface area contributed by atoms with E-state index in [0.29, 0.717) is 0 Å². The Morgan fingerprint density at radius 2 is 0.877 bits per heavy atom. The number of para-hydroxylation sites is 1.